The molecule has 3 heterocycles. The first kappa shape index (κ1) is 19.4. The van der Waals surface area contributed by atoms with Gasteiger partial charge < -0.3 is 9.47 Å². The van der Waals surface area contributed by atoms with Gasteiger partial charge in [-0.15, -0.1) is 0 Å². The van der Waals surface area contributed by atoms with Crippen LogP contribution in [0.25, 0.3) is 0 Å². The van der Waals surface area contributed by atoms with Gasteiger partial charge in [0.25, 0.3) is 0 Å². The third-order valence-corrected chi connectivity index (χ3v) is 6.73. The van der Waals surface area contributed by atoms with Crippen LogP contribution in [0.3, 0.4) is 0 Å². The SMILES string of the molecule is CSNC1CCCN2COc3c(F)cc(F)cc3C3CCC(CC3)OCC12. The van der Waals surface area contributed by atoms with Gasteiger partial charge >= 0.3 is 0 Å². The number of benzene rings is 1. The van der Waals surface area contributed by atoms with Crippen molar-refractivity contribution in [3.05, 3.63) is 29.3 Å². The molecule has 4 nitrogen and oxygen atoms in total. The fourth-order valence-corrected chi connectivity index (χ4v) is 5.33. The van der Waals surface area contributed by atoms with Gasteiger partial charge in [-0.3, -0.25) is 9.62 Å². The van der Waals surface area contributed by atoms with Crippen LogP contribution in [0.15, 0.2) is 12.1 Å². The Morgan fingerprint density at radius 2 is 1.96 bits per heavy atom. The predicted molar refractivity (Wildman–Crippen MR) is 103 cm³/mol. The smallest absolute Gasteiger partial charge is 0.168 e. The molecule has 5 rings (SSSR count). The maximum absolute atomic E-state index is 14.6. The van der Waals surface area contributed by atoms with Crippen molar-refractivity contribution < 1.29 is 18.3 Å². The summed E-state index contributed by atoms with van der Waals surface area (Å²) in [5.74, 6) is -0.749. The van der Waals surface area contributed by atoms with Crippen LogP contribution in [0, 0.1) is 11.6 Å². The number of fused-ring (bicyclic) bond motifs is 4. The van der Waals surface area contributed by atoms with Crippen LogP contribution in [0.4, 0.5) is 8.78 Å². The molecule has 2 fully saturated rings. The number of halogens is 2. The second-order valence-electron chi connectivity index (χ2n) is 7.84. The zero-order valence-corrected chi connectivity index (χ0v) is 16.6. The average Bonchev–Trinajstić information content (AvgIpc) is 2.65. The molecular formula is C20H28F2N2O2S. The Bertz CT molecular complexity index is 653. The number of nitrogens with one attached hydrogen (secondary N) is 1. The standard InChI is InChI=1S/C20H28F2N2O2S/c1-27-23-18-3-2-8-24-12-26-20-16(9-14(21)10-17(20)22)13-4-6-15(7-5-13)25-11-19(18)24/h9-10,13,15,18-19,23H,2-8,11-12H2,1H3. The maximum Gasteiger partial charge on any atom is 0.168 e. The summed E-state index contributed by atoms with van der Waals surface area (Å²) in [5, 5.41) is 0. The first-order chi connectivity index (χ1) is 13.2. The molecule has 0 aromatic heterocycles. The zero-order chi connectivity index (χ0) is 18.8. The summed E-state index contributed by atoms with van der Waals surface area (Å²) in [4.78, 5) is 2.24. The second-order valence-corrected chi connectivity index (χ2v) is 8.48. The summed E-state index contributed by atoms with van der Waals surface area (Å²) in [6.07, 6.45) is 8.03. The second kappa shape index (κ2) is 8.64. The maximum atomic E-state index is 14.6. The molecule has 0 radical (unpaired) electrons. The van der Waals surface area contributed by atoms with Crippen molar-refractivity contribution in [3.63, 3.8) is 0 Å². The van der Waals surface area contributed by atoms with E-state index in [1.165, 1.54) is 6.07 Å². The molecule has 1 saturated heterocycles. The normalized spacial score (nSPS) is 32.0. The highest BCUT2D eigenvalue weighted by Gasteiger charge is 2.35. The summed E-state index contributed by atoms with van der Waals surface area (Å²) in [5.41, 5.74) is 0.680. The van der Waals surface area contributed by atoms with E-state index >= 15 is 0 Å². The lowest BCUT2D eigenvalue weighted by Crippen LogP contribution is -2.56. The van der Waals surface area contributed by atoms with E-state index in [0.29, 0.717) is 24.9 Å². The van der Waals surface area contributed by atoms with Crippen molar-refractivity contribution in [2.45, 2.75) is 62.6 Å². The predicted octanol–water partition coefficient (Wildman–Crippen LogP) is 4.06. The molecule has 4 aliphatic rings. The highest BCUT2D eigenvalue weighted by atomic mass is 32.2. The van der Waals surface area contributed by atoms with Gasteiger partial charge in [-0.1, -0.05) is 11.9 Å². The van der Waals surface area contributed by atoms with E-state index in [4.69, 9.17) is 9.47 Å². The van der Waals surface area contributed by atoms with Crippen molar-refractivity contribution in [2.75, 3.05) is 26.1 Å². The monoisotopic (exact) mass is 398 g/mol. The lowest BCUT2D eigenvalue weighted by molar-refractivity contribution is -0.0479. The van der Waals surface area contributed by atoms with Crippen molar-refractivity contribution >= 4 is 11.9 Å². The number of hydrogen-bond acceptors (Lipinski definition) is 5. The first-order valence-corrected chi connectivity index (χ1v) is 11.1. The lowest BCUT2D eigenvalue weighted by Gasteiger charge is -2.42. The van der Waals surface area contributed by atoms with Crippen LogP contribution < -0.4 is 9.46 Å². The Morgan fingerprint density at radius 1 is 1.15 bits per heavy atom. The third kappa shape index (κ3) is 4.26. The van der Waals surface area contributed by atoms with Crippen LogP contribution >= 0.6 is 11.9 Å². The fourth-order valence-electron chi connectivity index (χ4n) is 4.76. The summed E-state index contributed by atoms with van der Waals surface area (Å²) in [7, 11) is 0. The van der Waals surface area contributed by atoms with Gasteiger partial charge in [-0.05, 0) is 56.8 Å². The highest BCUT2D eigenvalue weighted by Crippen LogP contribution is 2.40. The highest BCUT2D eigenvalue weighted by molar-refractivity contribution is 7.96. The summed E-state index contributed by atoms with van der Waals surface area (Å²) >= 11 is 1.62. The fraction of sp³-hybridized carbons (Fsp3) is 0.700. The Hall–Kier alpha value is -0.890. The van der Waals surface area contributed by atoms with Gasteiger partial charge in [0.05, 0.1) is 18.8 Å². The molecule has 2 bridgehead atoms. The molecule has 1 aromatic carbocycles. The molecule has 0 amide bonds. The minimum absolute atomic E-state index is 0.132. The van der Waals surface area contributed by atoms with E-state index in [-0.39, 0.29) is 23.8 Å². The average molecular weight is 399 g/mol. The Kier molecular flexibility index (Phi) is 6.21. The van der Waals surface area contributed by atoms with Crippen molar-refractivity contribution in [1.29, 1.82) is 0 Å². The van der Waals surface area contributed by atoms with Crippen LogP contribution in [0.5, 0.6) is 5.75 Å². The first-order valence-electron chi connectivity index (χ1n) is 9.91. The van der Waals surface area contributed by atoms with E-state index in [1.807, 2.05) is 6.26 Å². The van der Waals surface area contributed by atoms with E-state index in [1.54, 1.807) is 11.9 Å². The van der Waals surface area contributed by atoms with Gasteiger partial charge in [0.15, 0.2) is 11.6 Å². The van der Waals surface area contributed by atoms with E-state index in [2.05, 4.69) is 9.62 Å². The van der Waals surface area contributed by atoms with Crippen molar-refractivity contribution in [3.8, 4) is 5.75 Å². The molecule has 1 aromatic rings. The largest absolute Gasteiger partial charge is 0.475 e. The lowest BCUT2D eigenvalue weighted by atomic mass is 9.82. The molecule has 1 N–H and O–H groups in total. The molecule has 2 unspecified atom stereocenters. The molecular weight excluding hydrogens is 370 g/mol. The Balaban J connectivity index is 1.64. The van der Waals surface area contributed by atoms with E-state index in [0.717, 1.165) is 51.1 Å². The number of piperidine rings is 1. The van der Waals surface area contributed by atoms with Crippen LogP contribution in [0.2, 0.25) is 0 Å². The van der Waals surface area contributed by atoms with Gasteiger partial charge in [0.1, 0.15) is 12.5 Å². The Labute approximate surface area is 164 Å². The summed E-state index contributed by atoms with van der Waals surface area (Å²) in [6.45, 7) is 1.86. The molecule has 150 valence electrons. The van der Waals surface area contributed by atoms with E-state index < -0.39 is 11.6 Å². The molecule has 0 spiro atoms. The number of nitrogens with zero attached hydrogens (tertiary/aromatic N) is 1. The number of rotatable bonds is 2. The third-order valence-electron chi connectivity index (χ3n) is 6.19. The summed E-state index contributed by atoms with van der Waals surface area (Å²) < 4.78 is 44.3. The number of ether oxygens (including phenoxy) is 2. The summed E-state index contributed by atoms with van der Waals surface area (Å²) in [6, 6.07) is 2.90. The quantitative estimate of drug-likeness (QED) is 0.760. The van der Waals surface area contributed by atoms with Gasteiger partial charge in [-0.25, -0.2) is 8.78 Å². The van der Waals surface area contributed by atoms with Gasteiger partial charge in [0.2, 0.25) is 0 Å². The molecule has 27 heavy (non-hydrogen) atoms. The van der Waals surface area contributed by atoms with Crippen molar-refractivity contribution in [2.24, 2.45) is 0 Å². The van der Waals surface area contributed by atoms with Crippen LogP contribution in [-0.4, -0.2) is 49.2 Å². The molecule has 2 atom stereocenters. The van der Waals surface area contributed by atoms with E-state index in [9.17, 15) is 8.78 Å². The Morgan fingerprint density at radius 3 is 2.74 bits per heavy atom. The van der Waals surface area contributed by atoms with Crippen LogP contribution in [-0.2, 0) is 4.74 Å². The molecule has 1 saturated carbocycles. The molecule has 3 aliphatic heterocycles. The topological polar surface area (TPSA) is 33.7 Å². The van der Waals surface area contributed by atoms with Gasteiger partial charge in [0, 0.05) is 24.2 Å². The zero-order valence-electron chi connectivity index (χ0n) is 15.8. The van der Waals surface area contributed by atoms with Gasteiger partial charge in [-0.2, -0.15) is 0 Å². The minimum atomic E-state index is -0.590. The molecule has 7 heteroatoms. The molecule has 1 aliphatic carbocycles. The van der Waals surface area contributed by atoms with Crippen molar-refractivity contribution in [1.82, 2.24) is 9.62 Å². The van der Waals surface area contributed by atoms with Crippen LogP contribution in [0.1, 0.15) is 50.0 Å². The minimum Gasteiger partial charge on any atom is -0.475 e. The number of hydrogen-bond donors (Lipinski definition) is 1.